The summed E-state index contributed by atoms with van der Waals surface area (Å²) in [5.74, 6) is 0.186. The molecule has 0 atom stereocenters. The van der Waals surface area contributed by atoms with Gasteiger partial charge in [0.1, 0.15) is 11.6 Å². The van der Waals surface area contributed by atoms with Crippen LogP contribution < -0.4 is 11.1 Å². The molecule has 6 heteroatoms. The maximum absolute atomic E-state index is 13.1. The molecule has 1 aromatic carbocycles. The van der Waals surface area contributed by atoms with Gasteiger partial charge in [-0.15, -0.1) is 0 Å². The Kier molecular flexibility index (Phi) is 3.79. The van der Waals surface area contributed by atoms with Gasteiger partial charge in [0, 0.05) is 17.7 Å². The van der Waals surface area contributed by atoms with Crippen LogP contribution in [0.5, 0.6) is 0 Å². The van der Waals surface area contributed by atoms with E-state index in [2.05, 4.69) is 10.3 Å². The average molecular weight is 263 g/mol. The normalized spacial score (nSPS) is 10.4. The van der Waals surface area contributed by atoms with Crippen LogP contribution in [0.1, 0.15) is 28.9 Å². The van der Waals surface area contributed by atoms with Crippen LogP contribution in [0.15, 0.2) is 28.8 Å². The summed E-state index contributed by atoms with van der Waals surface area (Å²) in [5.41, 5.74) is 5.84. The van der Waals surface area contributed by atoms with Gasteiger partial charge in [-0.2, -0.15) is 0 Å². The second kappa shape index (κ2) is 5.51. The van der Waals surface area contributed by atoms with E-state index in [4.69, 9.17) is 10.2 Å². The molecule has 1 amide bonds. The van der Waals surface area contributed by atoms with Gasteiger partial charge in [-0.05, 0) is 18.2 Å². The number of halogens is 1. The topological polar surface area (TPSA) is 81.2 Å². The van der Waals surface area contributed by atoms with E-state index in [0.29, 0.717) is 5.89 Å². The molecule has 19 heavy (non-hydrogen) atoms. The van der Waals surface area contributed by atoms with Crippen molar-refractivity contribution in [2.45, 2.75) is 19.9 Å². The lowest BCUT2D eigenvalue weighted by Gasteiger charge is -2.04. The molecule has 5 nitrogen and oxygen atoms in total. The number of nitrogen functional groups attached to an aromatic ring is 1. The van der Waals surface area contributed by atoms with Crippen molar-refractivity contribution >= 4 is 11.6 Å². The Bertz CT molecular complexity index is 575. The van der Waals surface area contributed by atoms with Gasteiger partial charge in [0.25, 0.3) is 5.91 Å². The van der Waals surface area contributed by atoms with Crippen LogP contribution in [0, 0.1) is 5.82 Å². The Balaban J connectivity index is 2.00. The van der Waals surface area contributed by atoms with Gasteiger partial charge in [0.15, 0.2) is 0 Å². The quantitative estimate of drug-likeness (QED) is 0.825. The average Bonchev–Trinajstić information content (AvgIpc) is 2.82. The SMILES string of the molecule is CCc1cnc(CNC(=O)c2cc(N)cc(F)c2)o1. The zero-order chi connectivity index (χ0) is 13.8. The number of oxazole rings is 1. The molecule has 0 aliphatic rings. The first-order valence-electron chi connectivity index (χ1n) is 5.86. The molecular weight excluding hydrogens is 249 g/mol. The molecule has 0 bridgehead atoms. The molecule has 1 heterocycles. The van der Waals surface area contributed by atoms with Crippen LogP contribution >= 0.6 is 0 Å². The highest BCUT2D eigenvalue weighted by Crippen LogP contribution is 2.11. The summed E-state index contributed by atoms with van der Waals surface area (Å²) in [4.78, 5) is 15.8. The number of nitrogens with one attached hydrogen (secondary N) is 1. The summed E-state index contributed by atoms with van der Waals surface area (Å²) in [7, 11) is 0. The highest BCUT2D eigenvalue weighted by atomic mass is 19.1. The van der Waals surface area contributed by atoms with Crippen LogP contribution in [0.3, 0.4) is 0 Å². The molecule has 1 aromatic heterocycles. The first-order valence-corrected chi connectivity index (χ1v) is 5.86. The minimum Gasteiger partial charge on any atom is -0.444 e. The molecule has 0 unspecified atom stereocenters. The Morgan fingerprint density at radius 1 is 1.47 bits per heavy atom. The first kappa shape index (κ1) is 13.1. The van der Waals surface area contributed by atoms with Crippen molar-refractivity contribution in [3.8, 4) is 0 Å². The lowest BCUT2D eigenvalue weighted by atomic mass is 10.2. The van der Waals surface area contributed by atoms with E-state index in [1.807, 2.05) is 6.92 Å². The number of carbonyl (C=O) groups is 1. The molecule has 0 aliphatic heterocycles. The minimum atomic E-state index is -0.547. The number of amides is 1. The van der Waals surface area contributed by atoms with Gasteiger partial charge in [-0.3, -0.25) is 4.79 Å². The van der Waals surface area contributed by atoms with E-state index in [9.17, 15) is 9.18 Å². The summed E-state index contributed by atoms with van der Waals surface area (Å²) < 4.78 is 18.5. The largest absolute Gasteiger partial charge is 0.444 e. The molecular formula is C13H14FN3O2. The van der Waals surface area contributed by atoms with Gasteiger partial charge in [0.2, 0.25) is 5.89 Å². The predicted octanol–water partition coefficient (Wildman–Crippen LogP) is 1.89. The first-order chi connectivity index (χ1) is 9.08. The van der Waals surface area contributed by atoms with E-state index < -0.39 is 11.7 Å². The fourth-order valence-electron chi connectivity index (χ4n) is 1.59. The van der Waals surface area contributed by atoms with Crippen molar-refractivity contribution in [3.05, 3.63) is 47.4 Å². The van der Waals surface area contributed by atoms with E-state index >= 15 is 0 Å². The second-order valence-corrected chi connectivity index (χ2v) is 4.03. The molecule has 2 rings (SSSR count). The number of nitrogens with zero attached hydrogens (tertiary/aromatic N) is 1. The number of rotatable bonds is 4. The number of anilines is 1. The Hall–Kier alpha value is -2.37. The van der Waals surface area contributed by atoms with Crippen LogP contribution in [0.25, 0.3) is 0 Å². The van der Waals surface area contributed by atoms with Crippen molar-refractivity contribution < 1.29 is 13.6 Å². The zero-order valence-corrected chi connectivity index (χ0v) is 10.4. The lowest BCUT2D eigenvalue weighted by Crippen LogP contribution is -2.23. The van der Waals surface area contributed by atoms with Crippen molar-refractivity contribution in [1.82, 2.24) is 10.3 Å². The summed E-state index contributed by atoms with van der Waals surface area (Å²) in [5, 5.41) is 2.59. The summed E-state index contributed by atoms with van der Waals surface area (Å²) >= 11 is 0. The summed E-state index contributed by atoms with van der Waals surface area (Å²) in [6.07, 6.45) is 2.35. The number of nitrogens with two attached hydrogens (primary N) is 1. The van der Waals surface area contributed by atoms with E-state index in [0.717, 1.165) is 24.3 Å². The Labute approximate surface area is 109 Å². The summed E-state index contributed by atoms with van der Waals surface area (Å²) in [6, 6.07) is 3.68. The van der Waals surface area contributed by atoms with Crippen LogP contribution in [-0.4, -0.2) is 10.9 Å². The van der Waals surface area contributed by atoms with Gasteiger partial charge in [-0.25, -0.2) is 9.37 Å². The van der Waals surface area contributed by atoms with Gasteiger partial charge in [0.05, 0.1) is 12.7 Å². The molecule has 3 N–H and O–H groups in total. The highest BCUT2D eigenvalue weighted by Gasteiger charge is 2.09. The fourth-order valence-corrected chi connectivity index (χ4v) is 1.59. The van der Waals surface area contributed by atoms with E-state index in [1.54, 1.807) is 6.20 Å². The number of aromatic nitrogens is 1. The highest BCUT2D eigenvalue weighted by molar-refractivity contribution is 5.94. The molecule has 0 radical (unpaired) electrons. The lowest BCUT2D eigenvalue weighted by molar-refractivity contribution is 0.0946. The molecule has 0 spiro atoms. The Morgan fingerprint density at radius 3 is 2.89 bits per heavy atom. The third-order valence-corrected chi connectivity index (χ3v) is 2.53. The van der Waals surface area contributed by atoms with Gasteiger partial charge < -0.3 is 15.5 Å². The second-order valence-electron chi connectivity index (χ2n) is 4.03. The number of aryl methyl sites for hydroxylation is 1. The van der Waals surface area contributed by atoms with Crippen molar-refractivity contribution in [3.63, 3.8) is 0 Å². The monoisotopic (exact) mass is 263 g/mol. The summed E-state index contributed by atoms with van der Waals surface area (Å²) in [6.45, 7) is 2.09. The van der Waals surface area contributed by atoms with Gasteiger partial charge in [-0.1, -0.05) is 6.92 Å². The number of hydrogen-bond donors (Lipinski definition) is 2. The number of benzene rings is 1. The molecule has 2 aromatic rings. The molecule has 0 fully saturated rings. The number of carbonyl (C=O) groups excluding carboxylic acids is 1. The van der Waals surface area contributed by atoms with E-state index in [-0.39, 0.29) is 17.8 Å². The number of hydrogen-bond acceptors (Lipinski definition) is 4. The fraction of sp³-hybridized carbons (Fsp3) is 0.231. The standard InChI is InChI=1S/C13H14FN3O2/c1-2-11-6-16-12(19-11)7-17-13(18)8-3-9(14)5-10(15)4-8/h3-6H,2,7,15H2,1H3,(H,17,18). The van der Waals surface area contributed by atoms with Crippen molar-refractivity contribution in [1.29, 1.82) is 0 Å². The third kappa shape index (κ3) is 3.31. The molecule has 100 valence electrons. The zero-order valence-electron chi connectivity index (χ0n) is 10.4. The molecule has 0 saturated carbocycles. The predicted molar refractivity (Wildman–Crippen MR) is 67.9 cm³/mol. The molecule has 0 saturated heterocycles. The van der Waals surface area contributed by atoms with Crippen LogP contribution in [-0.2, 0) is 13.0 Å². The van der Waals surface area contributed by atoms with Crippen molar-refractivity contribution in [2.24, 2.45) is 0 Å². The maximum atomic E-state index is 13.1. The minimum absolute atomic E-state index is 0.148. The smallest absolute Gasteiger partial charge is 0.251 e. The third-order valence-electron chi connectivity index (χ3n) is 2.53. The Morgan fingerprint density at radius 2 is 2.26 bits per heavy atom. The maximum Gasteiger partial charge on any atom is 0.251 e. The van der Waals surface area contributed by atoms with Crippen molar-refractivity contribution in [2.75, 3.05) is 5.73 Å². The van der Waals surface area contributed by atoms with Crippen LogP contribution in [0.4, 0.5) is 10.1 Å². The van der Waals surface area contributed by atoms with E-state index in [1.165, 1.54) is 6.07 Å². The van der Waals surface area contributed by atoms with Gasteiger partial charge >= 0.3 is 0 Å². The van der Waals surface area contributed by atoms with Crippen LogP contribution in [0.2, 0.25) is 0 Å². The molecule has 0 aliphatic carbocycles.